The van der Waals surface area contributed by atoms with Gasteiger partial charge in [0.05, 0.1) is 23.6 Å². The standard InChI is InChI=1S/C35H28N2O4/c1-22-16-18-26(19-17-22)37-33(38)28-29(34(37)39)31(36-21-20-23-10-8-9-15-27(23)30(28)36)35(40)41-32(24-11-4-2-5-12-24)25-13-6-3-7-14-25/h2-21,28-32H,1H3/t28-,29-,30+,31+/m1/s1. The number of hydrogen-bond donors (Lipinski definition) is 0. The molecule has 0 saturated carbocycles. The lowest BCUT2D eigenvalue weighted by molar-refractivity contribution is -0.155. The van der Waals surface area contributed by atoms with E-state index in [2.05, 4.69) is 0 Å². The molecule has 0 aromatic heterocycles. The van der Waals surface area contributed by atoms with E-state index >= 15 is 0 Å². The highest BCUT2D eigenvalue weighted by molar-refractivity contribution is 6.23. The molecule has 7 rings (SSSR count). The molecule has 0 bridgehead atoms. The van der Waals surface area contributed by atoms with Gasteiger partial charge in [0, 0.05) is 6.20 Å². The fraction of sp³-hybridized carbons (Fsp3) is 0.171. The summed E-state index contributed by atoms with van der Waals surface area (Å²) in [5.74, 6) is -2.80. The maximum atomic E-state index is 14.3. The van der Waals surface area contributed by atoms with Crippen LogP contribution in [0, 0.1) is 18.8 Å². The van der Waals surface area contributed by atoms with E-state index in [1.54, 1.807) is 12.1 Å². The predicted molar refractivity (Wildman–Crippen MR) is 155 cm³/mol. The Morgan fingerprint density at radius 2 is 1.32 bits per heavy atom. The maximum Gasteiger partial charge on any atom is 0.330 e. The van der Waals surface area contributed by atoms with Gasteiger partial charge >= 0.3 is 5.97 Å². The van der Waals surface area contributed by atoms with Gasteiger partial charge in [0.15, 0.2) is 6.10 Å². The van der Waals surface area contributed by atoms with Gasteiger partial charge in [0.2, 0.25) is 11.8 Å². The molecular weight excluding hydrogens is 512 g/mol. The van der Waals surface area contributed by atoms with Crippen molar-refractivity contribution in [3.63, 3.8) is 0 Å². The molecule has 2 fully saturated rings. The minimum Gasteiger partial charge on any atom is -0.451 e. The van der Waals surface area contributed by atoms with Crippen molar-refractivity contribution >= 4 is 29.5 Å². The summed E-state index contributed by atoms with van der Waals surface area (Å²) in [7, 11) is 0. The second-order valence-corrected chi connectivity index (χ2v) is 10.8. The zero-order valence-corrected chi connectivity index (χ0v) is 22.5. The number of carbonyl (C=O) groups is 3. The van der Waals surface area contributed by atoms with Crippen LogP contribution in [0.5, 0.6) is 0 Å². The Kier molecular flexibility index (Phi) is 6.04. The molecular formula is C35H28N2O4. The molecule has 4 aromatic carbocycles. The van der Waals surface area contributed by atoms with Crippen LogP contribution < -0.4 is 4.90 Å². The molecule has 0 aliphatic carbocycles. The number of carbonyl (C=O) groups excluding carboxylic acids is 3. The van der Waals surface area contributed by atoms with E-state index in [1.807, 2.05) is 121 Å². The van der Waals surface area contributed by atoms with Crippen LogP contribution in [0.2, 0.25) is 0 Å². The van der Waals surface area contributed by atoms with Gasteiger partial charge in [-0.2, -0.15) is 0 Å². The summed E-state index contributed by atoms with van der Waals surface area (Å²) < 4.78 is 6.30. The summed E-state index contributed by atoms with van der Waals surface area (Å²) in [4.78, 5) is 45.6. The number of amides is 2. The molecule has 3 aliphatic rings. The third-order valence-corrected chi connectivity index (χ3v) is 8.43. The van der Waals surface area contributed by atoms with Gasteiger partial charge in [-0.05, 0) is 47.4 Å². The first-order valence-electron chi connectivity index (χ1n) is 13.8. The third kappa shape index (κ3) is 4.06. The SMILES string of the molecule is Cc1ccc(N2C(=O)[C@@H]3[C@@H](C2=O)[C@@H]2c4ccccc4C=CN2[C@@H]3C(=O)OC(c2ccccc2)c2ccccc2)cc1. The van der Waals surface area contributed by atoms with E-state index < -0.39 is 36.0 Å². The van der Waals surface area contributed by atoms with Crippen molar-refractivity contribution in [2.45, 2.75) is 25.1 Å². The average molecular weight is 541 g/mol. The molecule has 202 valence electrons. The van der Waals surface area contributed by atoms with Crippen LogP contribution in [0.15, 0.2) is 115 Å². The highest BCUT2D eigenvalue weighted by Crippen LogP contribution is 2.53. The number of nitrogens with zero attached hydrogens (tertiary/aromatic N) is 2. The Bertz CT molecular complexity index is 1630. The largest absolute Gasteiger partial charge is 0.451 e. The smallest absolute Gasteiger partial charge is 0.330 e. The molecule has 2 amide bonds. The monoisotopic (exact) mass is 540 g/mol. The van der Waals surface area contributed by atoms with Gasteiger partial charge in [-0.1, -0.05) is 103 Å². The Morgan fingerprint density at radius 3 is 1.98 bits per heavy atom. The molecule has 6 nitrogen and oxygen atoms in total. The van der Waals surface area contributed by atoms with Gasteiger partial charge in [-0.25, -0.2) is 9.69 Å². The molecule has 4 aromatic rings. The summed E-state index contributed by atoms with van der Waals surface area (Å²) in [6.45, 7) is 1.96. The van der Waals surface area contributed by atoms with Crippen LogP contribution in [-0.2, 0) is 19.1 Å². The van der Waals surface area contributed by atoms with E-state index in [0.717, 1.165) is 27.8 Å². The number of fused-ring (bicyclic) bond motifs is 5. The number of ether oxygens (including phenoxy) is 1. The molecule has 4 atom stereocenters. The summed E-state index contributed by atoms with van der Waals surface area (Å²) in [6.07, 6.45) is 3.11. The third-order valence-electron chi connectivity index (χ3n) is 8.43. The number of hydrogen-bond acceptors (Lipinski definition) is 5. The fourth-order valence-electron chi connectivity index (χ4n) is 6.55. The molecule has 0 unspecified atom stereocenters. The van der Waals surface area contributed by atoms with Gasteiger partial charge in [0.1, 0.15) is 6.04 Å². The molecule has 3 heterocycles. The van der Waals surface area contributed by atoms with E-state index in [0.29, 0.717) is 5.69 Å². The number of aryl methyl sites for hydroxylation is 1. The van der Waals surface area contributed by atoms with Crippen molar-refractivity contribution < 1.29 is 19.1 Å². The zero-order valence-electron chi connectivity index (χ0n) is 22.5. The quantitative estimate of drug-likeness (QED) is 0.235. The van der Waals surface area contributed by atoms with Crippen molar-refractivity contribution in [1.29, 1.82) is 0 Å². The van der Waals surface area contributed by atoms with Crippen molar-refractivity contribution in [1.82, 2.24) is 4.90 Å². The summed E-state index contributed by atoms with van der Waals surface area (Å²) in [6, 6.07) is 32.9. The van der Waals surface area contributed by atoms with Crippen molar-refractivity contribution in [2.24, 2.45) is 11.8 Å². The van der Waals surface area contributed by atoms with Gasteiger partial charge in [0.25, 0.3) is 0 Å². The molecule has 0 spiro atoms. The summed E-state index contributed by atoms with van der Waals surface area (Å²) in [5, 5.41) is 0. The molecule has 2 saturated heterocycles. The molecule has 3 aliphatic heterocycles. The fourth-order valence-corrected chi connectivity index (χ4v) is 6.55. The maximum absolute atomic E-state index is 14.3. The first-order valence-corrected chi connectivity index (χ1v) is 13.8. The number of imide groups is 1. The Balaban J connectivity index is 1.31. The number of anilines is 1. The van der Waals surface area contributed by atoms with Crippen LogP contribution in [0.3, 0.4) is 0 Å². The highest BCUT2D eigenvalue weighted by Gasteiger charge is 2.65. The molecule has 41 heavy (non-hydrogen) atoms. The van der Waals surface area contributed by atoms with Crippen LogP contribution in [0.4, 0.5) is 5.69 Å². The van der Waals surface area contributed by atoms with Gasteiger partial charge in [-0.3, -0.25) is 9.59 Å². The van der Waals surface area contributed by atoms with Crippen molar-refractivity contribution in [3.8, 4) is 0 Å². The second kappa shape index (κ2) is 9.89. The Morgan fingerprint density at radius 1 is 0.732 bits per heavy atom. The topological polar surface area (TPSA) is 66.9 Å². The first kappa shape index (κ1) is 25.0. The predicted octanol–water partition coefficient (Wildman–Crippen LogP) is 5.84. The number of rotatable bonds is 5. The van der Waals surface area contributed by atoms with Crippen LogP contribution in [0.25, 0.3) is 6.08 Å². The second-order valence-electron chi connectivity index (χ2n) is 10.8. The average Bonchev–Trinajstić information content (AvgIpc) is 3.49. The first-order chi connectivity index (χ1) is 20.0. The van der Waals surface area contributed by atoms with Crippen LogP contribution >= 0.6 is 0 Å². The Hall–Kier alpha value is -4.97. The van der Waals surface area contributed by atoms with Gasteiger partial charge < -0.3 is 9.64 Å². The molecule has 6 heteroatoms. The lowest BCUT2D eigenvalue weighted by Crippen LogP contribution is -2.45. The van der Waals surface area contributed by atoms with Gasteiger partial charge in [-0.15, -0.1) is 0 Å². The van der Waals surface area contributed by atoms with E-state index in [9.17, 15) is 14.4 Å². The lowest BCUT2D eigenvalue weighted by Gasteiger charge is -2.35. The van der Waals surface area contributed by atoms with Crippen molar-refractivity contribution in [2.75, 3.05) is 4.90 Å². The summed E-state index contributed by atoms with van der Waals surface area (Å²) >= 11 is 0. The van der Waals surface area contributed by atoms with E-state index in [-0.39, 0.29) is 11.8 Å². The summed E-state index contributed by atoms with van der Waals surface area (Å²) in [5.41, 5.74) is 5.10. The highest BCUT2D eigenvalue weighted by atomic mass is 16.5. The van der Waals surface area contributed by atoms with Crippen molar-refractivity contribution in [3.05, 3.63) is 143 Å². The van der Waals surface area contributed by atoms with E-state index in [1.165, 1.54) is 4.90 Å². The number of benzene rings is 4. The molecule has 0 N–H and O–H groups in total. The minimum absolute atomic E-state index is 0.290. The molecule has 0 radical (unpaired) electrons. The minimum atomic E-state index is -0.962. The van der Waals surface area contributed by atoms with Crippen LogP contribution in [-0.4, -0.2) is 28.7 Å². The van der Waals surface area contributed by atoms with Crippen LogP contribution in [0.1, 0.15) is 40.0 Å². The number of esters is 1. The Labute approximate surface area is 238 Å². The lowest BCUT2D eigenvalue weighted by atomic mass is 9.84. The van der Waals surface area contributed by atoms with E-state index in [4.69, 9.17) is 4.74 Å². The normalized spacial score (nSPS) is 22.5. The zero-order chi connectivity index (χ0) is 28.1.